The molecule has 25 heavy (non-hydrogen) atoms. The lowest BCUT2D eigenvalue weighted by molar-refractivity contribution is -0.128. The first-order valence-corrected chi connectivity index (χ1v) is 9.84. The fourth-order valence-corrected chi connectivity index (χ4v) is 3.94. The van der Waals surface area contributed by atoms with E-state index in [2.05, 4.69) is 0 Å². The van der Waals surface area contributed by atoms with Crippen LogP contribution in [0, 0.1) is 0 Å². The van der Waals surface area contributed by atoms with Crippen LogP contribution in [0.2, 0.25) is 0 Å². The summed E-state index contributed by atoms with van der Waals surface area (Å²) < 4.78 is 0. The van der Waals surface area contributed by atoms with Crippen LogP contribution in [-0.2, 0) is 11.3 Å². The zero-order valence-corrected chi connectivity index (χ0v) is 15.3. The molecule has 1 aliphatic carbocycles. The Labute approximate surface area is 153 Å². The van der Waals surface area contributed by atoms with Crippen LogP contribution in [-0.4, -0.2) is 22.5 Å². The van der Waals surface area contributed by atoms with Crippen LogP contribution < -0.4 is 0 Å². The van der Waals surface area contributed by atoms with Crippen molar-refractivity contribution in [3.05, 3.63) is 69.9 Å². The highest BCUT2D eigenvalue weighted by atomic mass is 32.1. The predicted octanol–water partition coefficient (Wildman–Crippen LogP) is 4.70. The molecule has 2 aromatic rings. The zero-order chi connectivity index (χ0) is 17.5. The van der Waals surface area contributed by atoms with E-state index in [0.29, 0.717) is 13.1 Å². The van der Waals surface area contributed by atoms with Crippen LogP contribution in [0.3, 0.4) is 0 Å². The highest BCUT2D eigenvalue weighted by molar-refractivity contribution is 7.10. The third-order valence-corrected chi connectivity index (χ3v) is 5.59. The van der Waals surface area contributed by atoms with Gasteiger partial charge in [0, 0.05) is 17.5 Å². The van der Waals surface area contributed by atoms with Crippen molar-refractivity contribution in [3.63, 3.8) is 0 Å². The number of rotatable bonds is 6. The van der Waals surface area contributed by atoms with Crippen molar-refractivity contribution in [3.8, 4) is 0 Å². The first-order valence-electron chi connectivity index (χ1n) is 8.96. The Morgan fingerprint density at radius 3 is 2.56 bits per heavy atom. The summed E-state index contributed by atoms with van der Waals surface area (Å²) in [6, 6.07) is 13.8. The summed E-state index contributed by atoms with van der Waals surface area (Å²) in [4.78, 5) is 15.5. The average Bonchev–Trinajstić information content (AvgIpc) is 3.18. The van der Waals surface area contributed by atoms with Crippen molar-refractivity contribution in [1.82, 2.24) is 4.90 Å². The van der Waals surface area contributed by atoms with Crippen molar-refractivity contribution in [2.75, 3.05) is 6.54 Å². The van der Waals surface area contributed by atoms with Crippen LogP contribution in [0.5, 0.6) is 0 Å². The molecule has 1 atom stereocenters. The standard InChI is InChI=1S/C21H25NO2S/c23-19(20-12-7-13-25-20)16-22(15-18-10-5-2-6-11-18)21(24)14-17-8-3-1-4-9-17/h2,5-7,10-14,19,23H,1,3-4,8-9,15-16H2. The second kappa shape index (κ2) is 8.97. The van der Waals surface area contributed by atoms with Gasteiger partial charge in [-0.3, -0.25) is 4.79 Å². The molecule has 1 N–H and O–H groups in total. The van der Waals surface area contributed by atoms with Gasteiger partial charge in [-0.05, 0) is 42.7 Å². The fourth-order valence-electron chi connectivity index (χ4n) is 3.23. The molecule has 4 heteroatoms. The van der Waals surface area contributed by atoms with Gasteiger partial charge in [0.15, 0.2) is 0 Å². The summed E-state index contributed by atoms with van der Waals surface area (Å²) in [6.07, 6.45) is 6.83. The van der Waals surface area contributed by atoms with E-state index in [-0.39, 0.29) is 5.91 Å². The molecule has 1 fully saturated rings. The lowest BCUT2D eigenvalue weighted by Gasteiger charge is -2.25. The summed E-state index contributed by atoms with van der Waals surface area (Å²) in [5, 5.41) is 12.5. The number of hydrogen-bond donors (Lipinski definition) is 1. The van der Waals surface area contributed by atoms with E-state index < -0.39 is 6.10 Å². The molecule has 0 saturated heterocycles. The van der Waals surface area contributed by atoms with Gasteiger partial charge in [-0.1, -0.05) is 48.4 Å². The van der Waals surface area contributed by atoms with Gasteiger partial charge in [-0.2, -0.15) is 0 Å². The molecular weight excluding hydrogens is 330 g/mol. The highest BCUT2D eigenvalue weighted by Gasteiger charge is 2.19. The number of carbonyl (C=O) groups is 1. The summed E-state index contributed by atoms with van der Waals surface area (Å²) in [6.45, 7) is 0.837. The summed E-state index contributed by atoms with van der Waals surface area (Å²) >= 11 is 1.52. The summed E-state index contributed by atoms with van der Waals surface area (Å²) in [5.41, 5.74) is 2.33. The van der Waals surface area contributed by atoms with E-state index >= 15 is 0 Å². The maximum absolute atomic E-state index is 12.9. The minimum Gasteiger partial charge on any atom is -0.386 e. The lowest BCUT2D eigenvalue weighted by Crippen LogP contribution is -2.33. The van der Waals surface area contributed by atoms with Gasteiger partial charge in [-0.25, -0.2) is 0 Å². The van der Waals surface area contributed by atoms with E-state index in [1.54, 1.807) is 4.90 Å². The quantitative estimate of drug-likeness (QED) is 0.763. The minimum absolute atomic E-state index is 0.0105. The van der Waals surface area contributed by atoms with Crippen LogP contribution in [0.15, 0.2) is 59.5 Å². The number of allylic oxidation sites excluding steroid dienone is 1. The number of amides is 1. The Morgan fingerprint density at radius 1 is 1.12 bits per heavy atom. The molecule has 3 rings (SSSR count). The highest BCUT2D eigenvalue weighted by Crippen LogP contribution is 2.24. The Kier molecular flexibility index (Phi) is 6.42. The number of nitrogens with zero attached hydrogens (tertiary/aromatic N) is 1. The Hall–Kier alpha value is -1.91. The lowest BCUT2D eigenvalue weighted by atomic mass is 9.94. The summed E-state index contributed by atoms with van der Waals surface area (Å²) in [7, 11) is 0. The molecule has 0 spiro atoms. The first-order chi connectivity index (χ1) is 12.2. The maximum atomic E-state index is 12.9. The van der Waals surface area contributed by atoms with Crippen molar-refractivity contribution in [2.24, 2.45) is 0 Å². The molecule has 0 aliphatic heterocycles. The smallest absolute Gasteiger partial charge is 0.246 e. The molecule has 0 bridgehead atoms. The molecule has 1 heterocycles. The number of thiophene rings is 1. The topological polar surface area (TPSA) is 40.5 Å². The molecule has 132 valence electrons. The normalized spacial score (nSPS) is 15.6. The number of carbonyl (C=O) groups excluding carboxylic acids is 1. The average molecular weight is 356 g/mol. The SMILES string of the molecule is O=C(C=C1CCCCC1)N(Cc1ccccc1)CC(O)c1cccs1. The van der Waals surface area contributed by atoms with Crippen molar-refractivity contribution in [1.29, 1.82) is 0 Å². The van der Waals surface area contributed by atoms with Crippen LogP contribution in [0.25, 0.3) is 0 Å². The van der Waals surface area contributed by atoms with Crippen LogP contribution in [0.4, 0.5) is 0 Å². The predicted molar refractivity (Wildman–Crippen MR) is 102 cm³/mol. The van der Waals surface area contributed by atoms with Gasteiger partial charge < -0.3 is 10.0 Å². The van der Waals surface area contributed by atoms with Crippen molar-refractivity contribution >= 4 is 17.2 Å². The molecule has 1 saturated carbocycles. The van der Waals surface area contributed by atoms with Gasteiger partial charge in [0.05, 0.1) is 6.54 Å². The van der Waals surface area contributed by atoms with E-state index in [1.165, 1.54) is 36.2 Å². The molecule has 0 radical (unpaired) electrons. The second-order valence-electron chi connectivity index (χ2n) is 6.60. The monoisotopic (exact) mass is 355 g/mol. The molecule has 1 aromatic heterocycles. The van der Waals surface area contributed by atoms with Gasteiger partial charge in [0.25, 0.3) is 0 Å². The molecule has 1 unspecified atom stereocenters. The van der Waals surface area contributed by atoms with Gasteiger partial charge in [-0.15, -0.1) is 11.3 Å². The van der Waals surface area contributed by atoms with E-state index in [1.807, 2.05) is 53.9 Å². The number of benzene rings is 1. The zero-order valence-electron chi connectivity index (χ0n) is 14.4. The van der Waals surface area contributed by atoms with E-state index in [0.717, 1.165) is 23.3 Å². The summed E-state index contributed by atoms with van der Waals surface area (Å²) in [5.74, 6) is 0.0105. The number of hydrogen-bond acceptors (Lipinski definition) is 3. The number of aliphatic hydroxyl groups is 1. The minimum atomic E-state index is -0.641. The Bertz CT molecular complexity index is 686. The molecule has 1 amide bonds. The largest absolute Gasteiger partial charge is 0.386 e. The van der Waals surface area contributed by atoms with Gasteiger partial charge in [0.1, 0.15) is 6.10 Å². The van der Waals surface area contributed by atoms with E-state index in [9.17, 15) is 9.90 Å². The molecular formula is C21H25NO2S. The third kappa shape index (κ3) is 5.28. The fraction of sp³-hybridized carbons (Fsp3) is 0.381. The molecule has 1 aromatic carbocycles. The van der Waals surface area contributed by atoms with Gasteiger partial charge >= 0.3 is 0 Å². The molecule has 1 aliphatic rings. The van der Waals surface area contributed by atoms with Crippen molar-refractivity contribution < 1.29 is 9.90 Å². The van der Waals surface area contributed by atoms with Crippen LogP contribution in [0.1, 0.15) is 48.6 Å². The molecule has 3 nitrogen and oxygen atoms in total. The van der Waals surface area contributed by atoms with E-state index in [4.69, 9.17) is 0 Å². The Morgan fingerprint density at radius 2 is 1.88 bits per heavy atom. The Balaban J connectivity index is 1.74. The van der Waals surface area contributed by atoms with Gasteiger partial charge in [0.2, 0.25) is 5.91 Å². The maximum Gasteiger partial charge on any atom is 0.246 e. The first kappa shape index (κ1) is 17.9. The van der Waals surface area contributed by atoms with Crippen molar-refractivity contribution in [2.45, 2.75) is 44.8 Å². The van der Waals surface area contributed by atoms with Crippen LogP contribution >= 0.6 is 11.3 Å². The number of aliphatic hydroxyl groups excluding tert-OH is 1. The second-order valence-corrected chi connectivity index (χ2v) is 7.58. The third-order valence-electron chi connectivity index (χ3n) is 4.62.